The van der Waals surface area contributed by atoms with Crippen molar-refractivity contribution in [3.8, 4) is 0 Å². The molecule has 0 spiro atoms. The van der Waals surface area contributed by atoms with E-state index in [0.29, 0.717) is 32.7 Å². The summed E-state index contributed by atoms with van der Waals surface area (Å²) in [5, 5.41) is 3.34. The van der Waals surface area contributed by atoms with E-state index in [0.717, 1.165) is 18.9 Å². The molecule has 0 aromatic heterocycles. The van der Waals surface area contributed by atoms with E-state index >= 15 is 0 Å². The topological polar surface area (TPSA) is 74.2 Å². The molecule has 0 aliphatic carbocycles. The highest BCUT2D eigenvalue weighted by Gasteiger charge is 2.27. The van der Waals surface area contributed by atoms with Crippen molar-refractivity contribution in [1.29, 1.82) is 0 Å². The summed E-state index contributed by atoms with van der Waals surface area (Å²) in [6, 6.07) is 8.49. The van der Waals surface area contributed by atoms with E-state index in [2.05, 4.69) is 41.4 Å². The van der Waals surface area contributed by atoms with Crippen molar-refractivity contribution in [2.75, 3.05) is 51.6 Å². The highest BCUT2D eigenvalue weighted by atomic mass is 127. The summed E-state index contributed by atoms with van der Waals surface area (Å²) in [6.07, 6.45) is 0.932. The maximum Gasteiger partial charge on any atom is 0.216 e. The molecule has 1 fully saturated rings. The van der Waals surface area contributed by atoms with Crippen LogP contribution in [-0.4, -0.2) is 81.3 Å². The van der Waals surface area contributed by atoms with Crippen LogP contribution >= 0.6 is 24.0 Å². The molecule has 172 valence electrons. The fourth-order valence-electron chi connectivity index (χ4n) is 3.28. The van der Waals surface area contributed by atoms with Gasteiger partial charge in [0.1, 0.15) is 0 Å². The summed E-state index contributed by atoms with van der Waals surface area (Å²) < 4.78 is 32.0. The summed E-state index contributed by atoms with van der Waals surface area (Å²) in [4.78, 5) is 6.91. The lowest BCUT2D eigenvalue weighted by atomic mass is 10.1. The Morgan fingerprint density at radius 1 is 1.23 bits per heavy atom. The summed E-state index contributed by atoms with van der Waals surface area (Å²) in [7, 11) is -3.28. The predicted octanol–water partition coefficient (Wildman–Crippen LogP) is 2.49. The molecule has 0 atom stereocenters. The van der Waals surface area contributed by atoms with Gasteiger partial charge in [0.25, 0.3) is 0 Å². The Labute approximate surface area is 199 Å². The van der Waals surface area contributed by atoms with E-state index < -0.39 is 10.0 Å². The van der Waals surface area contributed by atoms with Gasteiger partial charge in [0.15, 0.2) is 5.96 Å². The first kappa shape index (κ1) is 27.1. The van der Waals surface area contributed by atoms with Crippen molar-refractivity contribution in [2.24, 2.45) is 4.99 Å². The minimum Gasteiger partial charge on any atom is -0.378 e. The number of aryl methyl sites for hydroxylation is 1. The summed E-state index contributed by atoms with van der Waals surface area (Å²) in [6.45, 7) is 11.9. The molecule has 0 saturated carbocycles. The van der Waals surface area contributed by atoms with Crippen molar-refractivity contribution in [1.82, 2.24) is 14.5 Å². The number of aliphatic imine (C=N–C) groups is 1. The minimum absolute atomic E-state index is 0. The van der Waals surface area contributed by atoms with Crippen molar-refractivity contribution in [3.63, 3.8) is 0 Å². The molecule has 0 amide bonds. The monoisotopic (exact) mass is 552 g/mol. The molecule has 1 N–H and O–H groups in total. The highest BCUT2D eigenvalue weighted by molar-refractivity contribution is 14.0. The molecule has 7 nitrogen and oxygen atoms in total. The summed E-state index contributed by atoms with van der Waals surface area (Å²) >= 11 is 0. The number of nitrogens with one attached hydrogen (secondary N) is 1. The molecule has 1 aliphatic heterocycles. The highest BCUT2D eigenvalue weighted by Crippen LogP contribution is 2.10. The van der Waals surface area contributed by atoms with E-state index in [1.54, 1.807) is 4.31 Å². The van der Waals surface area contributed by atoms with Gasteiger partial charge in [-0.25, -0.2) is 8.42 Å². The van der Waals surface area contributed by atoms with Crippen LogP contribution in [0.2, 0.25) is 0 Å². The molecule has 2 rings (SSSR count). The zero-order chi connectivity index (χ0) is 21.3. The maximum atomic E-state index is 12.5. The Bertz CT molecular complexity index is 763. The van der Waals surface area contributed by atoms with Gasteiger partial charge >= 0.3 is 0 Å². The van der Waals surface area contributed by atoms with E-state index in [1.807, 2.05) is 20.8 Å². The van der Waals surface area contributed by atoms with Crippen molar-refractivity contribution >= 4 is 40.0 Å². The molecule has 1 heterocycles. The molecule has 1 aromatic rings. The molecule has 0 unspecified atom stereocenters. The van der Waals surface area contributed by atoms with Crippen LogP contribution in [0.25, 0.3) is 0 Å². The second-order valence-corrected chi connectivity index (χ2v) is 9.68. The van der Waals surface area contributed by atoms with Gasteiger partial charge in [-0.15, -0.1) is 24.0 Å². The molecular formula is C21H37IN4O3S. The van der Waals surface area contributed by atoms with Gasteiger partial charge in [-0.1, -0.05) is 29.8 Å². The van der Waals surface area contributed by atoms with Crippen LogP contribution in [-0.2, 0) is 21.2 Å². The Morgan fingerprint density at radius 3 is 2.53 bits per heavy atom. The van der Waals surface area contributed by atoms with Gasteiger partial charge in [0, 0.05) is 39.3 Å². The van der Waals surface area contributed by atoms with Crippen LogP contribution in [0.1, 0.15) is 31.9 Å². The first-order valence-electron chi connectivity index (χ1n) is 10.5. The SMILES string of the molecule is CCNC(=NCCc1cccc(C)c1)N1CCN(S(=O)(=O)CCOC(C)C)CC1.I. The number of ether oxygens (including phenoxy) is 1. The Hall–Kier alpha value is -0.910. The Morgan fingerprint density at radius 2 is 1.93 bits per heavy atom. The predicted molar refractivity (Wildman–Crippen MR) is 134 cm³/mol. The molecule has 30 heavy (non-hydrogen) atoms. The zero-order valence-electron chi connectivity index (χ0n) is 18.6. The summed E-state index contributed by atoms with van der Waals surface area (Å²) in [5.74, 6) is 0.899. The van der Waals surface area contributed by atoms with Crippen LogP contribution in [0.4, 0.5) is 0 Å². The number of halogens is 1. The number of hydrogen-bond acceptors (Lipinski definition) is 4. The fraction of sp³-hybridized carbons (Fsp3) is 0.667. The van der Waals surface area contributed by atoms with E-state index in [9.17, 15) is 8.42 Å². The number of rotatable bonds is 9. The van der Waals surface area contributed by atoms with Gasteiger partial charge < -0.3 is 15.0 Å². The van der Waals surface area contributed by atoms with Gasteiger partial charge in [0.05, 0.1) is 18.5 Å². The fourth-order valence-corrected chi connectivity index (χ4v) is 4.57. The average Bonchev–Trinajstić information content (AvgIpc) is 2.67. The number of nitrogens with zero attached hydrogens (tertiary/aromatic N) is 3. The zero-order valence-corrected chi connectivity index (χ0v) is 21.8. The third kappa shape index (κ3) is 9.07. The Kier molecular flexibility index (Phi) is 12.2. The molecular weight excluding hydrogens is 515 g/mol. The second-order valence-electron chi connectivity index (χ2n) is 7.60. The van der Waals surface area contributed by atoms with Crippen LogP contribution in [0.5, 0.6) is 0 Å². The van der Waals surface area contributed by atoms with E-state index in [4.69, 9.17) is 9.73 Å². The lowest BCUT2D eigenvalue weighted by molar-refractivity contribution is 0.0904. The first-order valence-corrected chi connectivity index (χ1v) is 12.1. The summed E-state index contributed by atoms with van der Waals surface area (Å²) in [5.41, 5.74) is 2.54. The minimum atomic E-state index is -3.28. The maximum absolute atomic E-state index is 12.5. The van der Waals surface area contributed by atoms with Crippen molar-refractivity contribution in [3.05, 3.63) is 35.4 Å². The van der Waals surface area contributed by atoms with Crippen molar-refractivity contribution < 1.29 is 13.2 Å². The van der Waals surface area contributed by atoms with Gasteiger partial charge in [0.2, 0.25) is 10.0 Å². The van der Waals surface area contributed by atoms with Crippen molar-refractivity contribution in [2.45, 2.75) is 40.2 Å². The second kappa shape index (κ2) is 13.5. The third-order valence-electron chi connectivity index (χ3n) is 4.80. The number of sulfonamides is 1. The van der Waals surface area contributed by atoms with Crippen LogP contribution in [0, 0.1) is 6.92 Å². The first-order chi connectivity index (χ1) is 13.8. The molecule has 1 aliphatic rings. The van der Waals surface area contributed by atoms with E-state index in [-0.39, 0.29) is 42.4 Å². The lowest BCUT2D eigenvalue weighted by Gasteiger charge is -2.36. The Balaban J connectivity index is 0.00000450. The van der Waals surface area contributed by atoms with Crippen LogP contribution in [0.3, 0.4) is 0 Å². The number of piperazine rings is 1. The quantitative estimate of drug-likeness (QED) is 0.290. The molecule has 0 bridgehead atoms. The lowest BCUT2D eigenvalue weighted by Crippen LogP contribution is -2.54. The van der Waals surface area contributed by atoms with E-state index in [1.165, 1.54) is 11.1 Å². The van der Waals surface area contributed by atoms with Gasteiger partial charge in [-0.2, -0.15) is 4.31 Å². The number of guanidine groups is 1. The average molecular weight is 553 g/mol. The molecule has 1 saturated heterocycles. The molecule has 0 radical (unpaired) electrons. The largest absolute Gasteiger partial charge is 0.378 e. The normalized spacial score (nSPS) is 15.9. The van der Waals surface area contributed by atoms with Gasteiger partial charge in [-0.05, 0) is 39.7 Å². The molecule has 1 aromatic carbocycles. The number of hydrogen-bond donors (Lipinski definition) is 1. The third-order valence-corrected chi connectivity index (χ3v) is 6.64. The van der Waals surface area contributed by atoms with Gasteiger partial charge in [-0.3, -0.25) is 4.99 Å². The smallest absolute Gasteiger partial charge is 0.216 e. The van der Waals surface area contributed by atoms with Crippen LogP contribution < -0.4 is 5.32 Å². The molecule has 9 heteroatoms. The standard InChI is InChI=1S/C21H36N4O3S.HI/c1-5-22-21(23-10-9-20-8-6-7-19(4)17-20)24-11-13-25(14-12-24)29(26,27)16-15-28-18(2)3;/h6-8,17-18H,5,9-16H2,1-4H3,(H,22,23);1H. The number of benzene rings is 1. The van der Waals surface area contributed by atoms with Crippen LogP contribution in [0.15, 0.2) is 29.3 Å².